The average molecular weight is 186 g/mol. The van der Waals surface area contributed by atoms with Crippen LogP contribution in [0.25, 0.3) is 11.0 Å². The van der Waals surface area contributed by atoms with Crippen molar-refractivity contribution in [2.45, 2.75) is 0 Å². The zero-order valence-corrected chi connectivity index (χ0v) is 7.62. The van der Waals surface area contributed by atoms with Gasteiger partial charge in [0.05, 0.1) is 22.4 Å². The van der Waals surface area contributed by atoms with Crippen molar-refractivity contribution in [1.29, 1.82) is 0 Å². The number of anilines is 2. The molecule has 0 aliphatic carbocycles. The highest BCUT2D eigenvalue weighted by molar-refractivity contribution is 5.87. The lowest BCUT2D eigenvalue weighted by molar-refractivity contribution is 1.05. The molecule has 1 aromatic heterocycles. The molecule has 0 unspecified atom stereocenters. The molecular formula is C10H10N4. The van der Waals surface area contributed by atoms with E-state index in [1.807, 2.05) is 12.1 Å². The fraction of sp³-hybridized carbons (Fsp3) is 0.200. The molecule has 14 heavy (non-hydrogen) atoms. The van der Waals surface area contributed by atoms with Crippen LogP contribution in [0.4, 0.5) is 11.4 Å². The fourth-order valence-corrected chi connectivity index (χ4v) is 1.70. The van der Waals surface area contributed by atoms with Gasteiger partial charge in [0.2, 0.25) is 0 Å². The molecule has 3 rings (SSSR count). The number of hydrogen-bond donors (Lipinski definition) is 2. The van der Waals surface area contributed by atoms with E-state index in [0.717, 1.165) is 35.5 Å². The van der Waals surface area contributed by atoms with E-state index < -0.39 is 0 Å². The Morgan fingerprint density at radius 1 is 0.857 bits per heavy atom. The normalized spacial score (nSPS) is 14.3. The first-order valence-corrected chi connectivity index (χ1v) is 4.66. The summed E-state index contributed by atoms with van der Waals surface area (Å²) in [6.45, 7) is 1.91. The molecule has 0 saturated heterocycles. The van der Waals surface area contributed by atoms with Crippen molar-refractivity contribution in [3.05, 3.63) is 24.5 Å². The molecule has 0 bridgehead atoms. The van der Waals surface area contributed by atoms with Gasteiger partial charge in [0.25, 0.3) is 0 Å². The molecule has 2 heterocycles. The average Bonchev–Trinajstić information content (AvgIpc) is 2.26. The Morgan fingerprint density at radius 2 is 1.36 bits per heavy atom. The summed E-state index contributed by atoms with van der Waals surface area (Å²) in [5.41, 5.74) is 4.10. The molecule has 0 spiro atoms. The highest BCUT2D eigenvalue weighted by atomic mass is 15.0. The second-order valence-corrected chi connectivity index (χ2v) is 3.30. The summed E-state index contributed by atoms with van der Waals surface area (Å²) >= 11 is 0. The third-order valence-electron chi connectivity index (χ3n) is 2.36. The first kappa shape index (κ1) is 7.55. The summed E-state index contributed by atoms with van der Waals surface area (Å²) in [4.78, 5) is 8.52. The molecule has 2 aromatic rings. The number of benzene rings is 1. The molecule has 0 atom stereocenters. The molecule has 0 radical (unpaired) electrons. The smallest absolute Gasteiger partial charge is 0.0908 e. The Balaban J connectivity index is 2.27. The molecule has 2 N–H and O–H groups in total. The summed E-state index contributed by atoms with van der Waals surface area (Å²) in [6.07, 6.45) is 3.43. The van der Waals surface area contributed by atoms with Crippen LogP contribution in [0.15, 0.2) is 24.5 Å². The van der Waals surface area contributed by atoms with E-state index in [9.17, 15) is 0 Å². The monoisotopic (exact) mass is 186 g/mol. The number of nitrogens with one attached hydrogen (secondary N) is 2. The van der Waals surface area contributed by atoms with E-state index in [1.54, 1.807) is 12.4 Å². The number of hydrogen-bond acceptors (Lipinski definition) is 4. The van der Waals surface area contributed by atoms with E-state index >= 15 is 0 Å². The number of fused-ring (bicyclic) bond motifs is 2. The number of aromatic nitrogens is 2. The largest absolute Gasteiger partial charge is 0.382 e. The number of rotatable bonds is 0. The molecule has 4 heteroatoms. The van der Waals surface area contributed by atoms with Gasteiger partial charge in [0, 0.05) is 25.5 Å². The Hall–Kier alpha value is -1.84. The van der Waals surface area contributed by atoms with Crippen LogP contribution < -0.4 is 10.6 Å². The SMILES string of the molecule is c1cnc2cc3c(cc2n1)NCCN3. The third-order valence-corrected chi connectivity index (χ3v) is 2.36. The van der Waals surface area contributed by atoms with Gasteiger partial charge in [-0.2, -0.15) is 0 Å². The van der Waals surface area contributed by atoms with Gasteiger partial charge in [-0.1, -0.05) is 0 Å². The Morgan fingerprint density at radius 3 is 1.86 bits per heavy atom. The van der Waals surface area contributed by atoms with Crippen molar-refractivity contribution in [1.82, 2.24) is 9.97 Å². The maximum atomic E-state index is 4.26. The maximum Gasteiger partial charge on any atom is 0.0908 e. The molecule has 1 aromatic carbocycles. The van der Waals surface area contributed by atoms with Gasteiger partial charge in [0.1, 0.15) is 0 Å². The minimum Gasteiger partial charge on any atom is -0.382 e. The Bertz CT molecular complexity index is 436. The van der Waals surface area contributed by atoms with Gasteiger partial charge in [-0.15, -0.1) is 0 Å². The van der Waals surface area contributed by atoms with Crippen molar-refractivity contribution in [3.63, 3.8) is 0 Å². The highest BCUT2D eigenvalue weighted by Gasteiger charge is 2.09. The van der Waals surface area contributed by atoms with Crippen LogP contribution in [0.2, 0.25) is 0 Å². The van der Waals surface area contributed by atoms with Crippen LogP contribution >= 0.6 is 0 Å². The van der Waals surface area contributed by atoms with Gasteiger partial charge < -0.3 is 10.6 Å². The molecule has 0 amide bonds. The number of nitrogens with zero attached hydrogens (tertiary/aromatic N) is 2. The molecule has 4 nitrogen and oxygen atoms in total. The van der Waals surface area contributed by atoms with E-state index in [4.69, 9.17) is 0 Å². The zero-order chi connectivity index (χ0) is 9.38. The van der Waals surface area contributed by atoms with Crippen molar-refractivity contribution in [3.8, 4) is 0 Å². The van der Waals surface area contributed by atoms with Crippen LogP contribution in [0.5, 0.6) is 0 Å². The van der Waals surface area contributed by atoms with Gasteiger partial charge in [0.15, 0.2) is 0 Å². The second kappa shape index (κ2) is 2.83. The van der Waals surface area contributed by atoms with Crippen LogP contribution in [0.1, 0.15) is 0 Å². The highest BCUT2D eigenvalue weighted by Crippen LogP contribution is 2.27. The Labute approximate surface area is 81.4 Å². The molecule has 1 aliphatic heterocycles. The van der Waals surface area contributed by atoms with Crippen molar-refractivity contribution in [2.24, 2.45) is 0 Å². The van der Waals surface area contributed by atoms with Crippen molar-refractivity contribution in [2.75, 3.05) is 23.7 Å². The summed E-state index contributed by atoms with van der Waals surface area (Å²) in [6, 6.07) is 4.06. The van der Waals surface area contributed by atoms with Gasteiger partial charge in [-0.25, -0.2) is 0 Å². The first-order valence-electron chi connectivity index (χ1n) is 4.66. The molecule has 0 saturated carbocycles. The van der Waals surface area contributed by atoms with Gasteiger partial charge in [-0.05, 0) is 12.1 Å². The Kier molecular flexibility index (Phi) is 1.53. The zero-order valence-electron chi connectivity index (χ0n) is 7.62. The minimum atomic E-state index is 0.933. The van der Waals surface area contributed by atoms with Crippen LogP contribution in [-0.4, -0.2) is 23.1 Å². The van der Waals surface area contributed by atoms with E-state index in [1.165, 1.54) is 0 Å². The standard InChI is InChI=1S/C10H10N4/c1-2-12-8-6-10-9(5-7(8)11-1)13-3-4-14-10/h1-2,5-6,13-14H,3-4H2. The molecule has 70 valence electrons. The second-order valence-electron chi connectivity index (χ2n) is 3.30. The lowest BCUT2D eigenvalue weighted by atomic mass is 10.2. The lowest BCUT2D eigenvalue weighted by Crippen LogP contribution is -2.20. The summed E-state index contributed by atoms with van der Waals surface area (Å²) in [5, 5.41) is 6.65. The van der Waals surface area contributed by atoms with Crippen molar-refractivity contribution >= 4 is 22.4 Å². The molecule has 1 aliphatic rings. The maximum absolute atomic E-state index is 4.26. The van der Waals surface area contributed by atoms with Crippen molar-refractivity contribution < 1.29 is 0 Å². The summed E-state index contributed by atoms with van der Waals surface area (Å²) < 4.78 is 0. The van der Waals surface area contributed by atoms with Crippen LogP contribution in [0, 0.1) is 0 Å². The predicted molar refractivity (Wildman–Crippen MR) is 56.5 cm³/mol. The van der Waals surface area contributed by atoms with E-state index in [-0.39, 0.29) is 0 Å². The molecular weight excluding hydrogens is 176 g/mol. The van der Waals surface area contributed by atoms with E-state index in [2.05, 4.69) is 20.6 Å². The first-order chi connectivity index (χ1) is 6.93. The summed E-state index contributed by atoms with van der Waals surface area (Å²) in [5.74, 6) is 0. The van der Waals surface area contributed by atoms with Crippen LogP contribution in [0.3, 0.4) is 0 Å². The van der Waals surface area contributed by atoms with Crippen LogP contribution in [-0.2, 0) is 0 Å². The van der Waals surface area contributed by atoms with Gasteiger partial charge in [-0.3, -0.25) is 9.97 Å². The summed E-state index contributed by atoms with van der Waals surface area (Å²) in [7, 11) is 0. The minimum absolute atomic E-state index is 0.933. The lowest BCUT2D eigenvalue weighted by Gasteiger charge is -2.19. The topological polar surface area (TPSA) is 49.8 Å². The molecule has 0 fully saturated rings. The predicted octanol–water partition coefficient (Wildman–Crippen LogP) is 1.47. The van der Waals surface area contributed by atoms with Gasteiger partial charge >= 0.3 is 0 Å². The third kappa shape index (κ3) is 1.08. The van der Waals surface area contributed by atoms with E-state index in [0.29, 0.717) is 0 Å². The fourth-order valence-electron chi connectivity index (χ4n) is 1.70. The quantitative estimate of drug-likeness (QED) is 0.654.